The number of carbonyl (C=O) groups excluding carboxylic acids is 2. The molecule has 0 unspecified atom stereocenters. The third kappa shape index (κ3) is 7.15. The predicted octanol–water partition coefficient (Wildman–Crippen LogP) is 5.01. The van der Waals surface area contributed by atoms with Gasteiger partial charge in [0.2, 0.25) is 21.8 Å². The highest BCUT2D eigenvalue weighted by atomic mass is 35.5. The van der Waals surface area contributed by atoms with Gasteiger partial charge in [-0.05, 0) is 43.2 Å². The highest BCUT2D eigenvalue weighted by Gasteiger charge is 2.32. The van der Waals surface area contributed by atoms with Crippen LogP contribution in [-0.2, 0) is 26.2 Å². The molecule has 34 heavy (non-hydrogen) atoms. The van der Waals surface area contributed by atoms with Gasteiger partial charge < -0.3 is 10.2 Å². The van der Waals surface area contributed by atoms with Gasteiger partial charge in [0.05, 0.1) is 22.0 Å². The number of nitrogens with zero attached hydrogens (tertiary/aromatic N) is 2. The summed E-state index contributed by atoms with van der Waals surface area (Å²) in [6.45, 7) is 3.25. The van der Waals surface area contributed by atoms with Crippen LogP contribution in [0.15, 0.2) is 36.4 Å². The van der Waals surface area contributed by atoms with E-state index < -0.39 is 28.5 Å². The fourth-order valence-electron chi connectivity index (χ4n) is 3.32. The Morgan fingerprint density at radius 3 is 2.26 bits per heavy atom. The molecule has 12 heteroatoms. The number of sulfonamides is 1. The van der Waals surface area contributed by atoms with Gasteiger partial charge >= 0.3 is 0 Å². The molecule has 0 heterocycles. The van der Waals surface area contributed by atoms with Gasteiger partial charge in [-0.2, -0.15) is 0 Å². The molecule has 0 radical (unpaired) electrons. The lowest BCUT2D eigenvalue weighted by molar-refractivity contribution is -0.140. The van der Waals surface area contributed by atoms with Crippen LogP contribution in [-0.4, -0.2) is 50.5 Å². The zero-order valence-electron chi connectivity index (χ0n) is 18.8. The average Bonchev–Trinajstić information content (AvgIpc) is 2.75. The number of nitrogens with one attached hydrogen (secondary N) is 1. The first-order valence-electron chi connectivity index (χ1n) is 10.3. The molecule has 0 saturated carbocycles. The molecule has 2 aromatic rings. The first-order valence-corrected chi connectivity index (χ1v) is 13.7. The Bertz CT molecular complexity index is 1160. The molecular weight excluding hydrogens is 544 g/mol. The van der Waals surface area contributed by atoms with Crippen LogP contribution in [0.1, 0.15) is 25.8 Å². The van der Waals surface area contributed by atoms with Gasteiger partial charge in [-0.25, -0.2) is 8.42 Å². The lowest BCUT2D eigenvalue weighted by atomic mass is 10.1. The predicted molar refractivity (Wildman–Crippen MR) is 138 cm³/mol. The minimum absolute atomic E-state index is 0.00884. The van der Waals surface area contributed by atoms with Crippen molar-refractivity contribution < 1.29 is 18.0 Å². The van der Waals surface area contributed by atoms with Crippen molar-refractivity contribution in [1.82, 2.24) is 10.2 Å². The van der Waals surface area contributed by atoms with Gasteiger partial charge in [0.25, 0.3) is 0 Å². The lowest BCUT2D eigenvalue weighted by Gasteiger charge is -2.33. The molecule has 0 aliphatic carbocycles. The Morgan fingerprint density at radius 1 is 1.03 bits per heavy atom. The minimum Gasteiger partial charge on any atom is -0.355 e. The molecule has 2 amide bonds. The van der Waals surface area contributed by atoms with Crippen molar-refractivity contribution in [1.29, 1.82) is 0 Å². The van der Waals surface area contributed by atoms with Gasteiger partial charge in [0.15, 0.2) is 0 Å². The Labute approximate surface area is 220 Å². The second kappa shape index (κ2) is 12.3. The number of hydrogen-bond acceptors (Lipinski definition) is 4. The van der Waals surface area contributed by atoms with E-state index in [1.54, 1.807) is 26.0 Å². The highest BCUT2D eigenvalue weighted by Crippen LogP contribution is 2.34. The summed E-state index contributed by atoms with van der Waals surface area (Å²) in [7, 11) is -3.94. The summed E-state index contributed by atoms with van der Waals surface area (Å²) in [4.78, 5) is 27.6. The standard InChI is InChI=1S/C22H25Cl4N3O4S/c1-4-18(22(31)27-5-2)28(12-14-9-10-15(23)11-17(14)25)20(30)13-29(34(3,32)33)19-8-6-7-16(24)21(19)26/h6-11,18H,4-5,12-13H2,1-3H3,(H,27,31)/t18-/m1/s1. The van der Waals surface area contributed by atoms with Gasteiger partial charge in [-0.1, -0.05) is 65.5 Å². The van der Waals surface area contributed by atoms with Gasteiger partial charge in [0.1, 0.15) is 12.6 Å². The molecule has 0 aliphatic heterocycles. The summed E-state index contributed by atoms with van der Waals surface area (Å²) in [6, 6.07) is 8.42. The molecule has 0 aromatic heterocycles. The van der Waals surface area contributed by atoms with Gasteiger partial charge in [-0.3, -0.25) is 13.9 Å². The average molecular weight is 569 g/mol. The van der Waals surface area contributed by atoms with Gasteiger partial charge in [0, 0.05) is 23.1 Å². The maximum Gasteiger partial charge on any atom is 0.244 e. The molecule has 0 spiro atoms. The van der Waals surface area contributed by atoms with Crippen molar-refractivity contribution in [3.05, 3.63) is 62.1 Å². The maximum absolute atomic E-state index is 13.6. The normalized spacial score (nSPS) is 12.2. The molecule has 1 atom stereocenters. The molecule has 0 bridgehead atoms. The van der Waals surface area contributed by atoms with E-state index in [0.29, 0.717) is 28.6 Å². The molecule has 0 saturated heterocycles. The number of likely N-dealkylation sites (N-methyl/N-ethyl adjacent to an activating group) is 1. The fraction of sp³-hybridized carbons (Fsp3) is 0.364. The molecule has 1 N–H and O–H groups in total. The van der Waals surface area contributed by atoms with Crippen LogP contribution in [0.3, 0.4) is 0 Å². The van der Waals surface area contributed by atoms with E-state index in [1.165, 1.54) is 29.2 Å². The van der Waals surface area contributed by atoms with Crippen LogP contribution in [0.2, 0.25) is 20.1 Å². The molecule has 186 valence electrons. The summed E-state index contributed by atoms with van der Waals surface area (Å²) < 4.78 is 26.1. The second-order valence-electron chi connectivity index (χ2n) is 7.42. The second-order valence-corrected chi connectivity index (χ2v) is 11.0. The third-order valence-corrected chi connectivity index (χ3v) is 7.49. The molecule has 7 nitrogen and oxygen atoms in total. The zero-order valence-corrected chi connectivity index (χ0v) is 22.7. The van der Waals surface area contributed by atoms with Crippen LogP contribution in [0.25, 0.3) is 0 Å². The largest absolute Gasteiger partial charge is 0.355 e. The zero-order chi connectivity index (χ0) is 25.6. The van der Waals surface area contributed by atoms with E-state index in [9.17, 15) is 18.0 Å². The summed E-state index contributed by atoms with van der Waals surface area (Å²) in [5.74, 6) is -0.985. The lowest BCUT2D eigenvalue weighted by Crippen LogP contribution is -2.52. The summed E-state index contributed by atoms with van der Waals surface area (Å²) in [5, 5.41) is 3.58. The minimum atomic E-state index is -3.94. The third-order valence-electron chi connectivity index (χ3n) is 4.97. The number of carbonyl (C=O) groups is 2. The quantitative estimate of drug-likeness (QED) is 0.436. The number of benzene rings is 2. The van der Waals surface area contributed by atoms with E-state index in [2.05, 4.69) is 5.32 Å². The number of anilines is 1. The van der Waals surface area contributed by atoms with Crippen molar-refractivity contribution in [3.63, 3.8) is 0 Å². The van der Waals surface area contributed by atoms with Crippen LogP contribution in [0.4, 0.5) is 5.69 Å². The summed E-state index contributed by atoms with van der Waals surface area (Å²) >= 11 is 24.6. The Kier molecular flexibility index (Phi) is 10.3. The Hall–Kier alpha value is -1.71. The van der Waals surface area contributed by atoms with Crippen LogP contribution < -0.4 is 9.62 Å². The van der Waals surface area contributed by atoms with E-state index in [-0.39, 0.29) is 28.2 Å². The SMILES string of the molecule is CCNC(=O)[C@@H](CC)N(Cc1ccc(Cl)cc1Cl)C(=O)CN(c1cccc(Cl)c1Cl)S(C)(=O)=O. The number of halogens is 4. The topological polar surface area (TPSA) is 86.8 Å². The first-order chi connectivity index (χ1) is 15.9. The highest BCUT2D eigenvalue weighted by molar-refractivity contribution is 7.92. The number of amides is 2. The van der Waals surface area contributed by atoms with E-state index in [4.69, 9.17) is 46.4 Å². The van der Waals surface area contributed by atoms with E-state index >= 15 is 0 Å². The maximum atomic E-state index is 13.6. The summed E-state index contributed by atoms with van der Waals surface area (Å²) in [6.07, 6.45) is 1.25. The molecule has 2 rings (SSSR count). The van der Waals surface area contributed by atoms with E-state index in [0.717, 1.165) is 10.6 Å². The fourth-order valence-corrected chi connectivity index (χ4v) is 5.10. The van der Waals surface area contributed by atoms with Crippen molar-refractivity contribution in [2.24, 2.45) is 0 Å². The van der Waals surface area contributed by atoms with Crippen LogP contribution in [0.5, 0.6) is 0 Å². The molecular formula is C22H25Cl4N3O4S. The number of rotatable bonds is 10. The van der Waals surface area contributed by atoms with Gasteiger partial charge in [-0.15, -0.1) is 0 Å². The van der Waals surface area contributed by atoms with Crippen molar-refractivity contribution in [3.8, 4) is 0 Å². The Balaban J connectivity index is 2.51. The molecule has 2 aromatic carbocycles. The first kappa shape index (κ1) is 28.5. The van der Waals surface area contributed by atoms with Crippen LogP contribution >= 0.6 is 46.4 Å². The molecule has 0 fully saturated rings. The summed E-state index contributed by atoms with van der Waals surface area (Å²) in [5.41, 5.74) is 0.606. The van der Waals surface area contributed by atoms with Crippen LogP contribution in [0, 0.1) is 0 Å². The smallest absolute Gasteiger partial charge is 0.244 e. The Morgan fingerprint density at radius 2 is 1.71 bits per heavy atom. The molecule has 0 aliphatic rings. The monoisotopic (exact) mass is 567 g/mol. The van der Waals surface area contributed by atoms with Crippen molar-refractivity contribution in [2.75, 3.05) is 23.7 Å². The van der Waals surface area contributed by atoms with Crippen molar-refractivity contribution >= 4 is 73.9 Å². The van der Waals surface area contributed by atoms with Crippen molar-refractivity contribution in [2.45, 2.75) is 32.9 Å². The number of hydrogen-bond donors (Lipinski definition) is 1. The van der Waals surface area contributed by atoms with E-state index in [1.807, 2.05) is 0 Å².